The Kier molecular flexibility index (Phi) is 6.72. The maximum absolute atomic E-state index is 12.8. The molecule has 0 unspecified atom stereocenters. The summed E-state index contributed by atoms with van der Waals surface area (Å²) in [6.45, 7) is 5.11. The molecule has 0 N–H and O–H groups in total. The number of amides is 1. The van der Waals surface area contributed by atoms with Crippen LogP contribution in [0.2, 0.25) is 0 Å². The molecule has 2 aromatic rings. The Morgan fingerprint density at radius 3 is 2.63 bits per heavy atom. The van der Waals surface area contributed by atoms with Crippen LogP contribution in [0.3, 0.4) is 0 Å². The van der Waals surface area contributed by atoms with Crippen molar-refractivity contribution >= 4 is 17.2 Å². The van der Waals surface area contributed by atoms with Crippen molar-refractivity contribution in [1.29, 1.82) is 0 Å². The molecule has 1 aliphatic carbocycles. The standard InChI is InChI=1S/C21H28N2O3S/c1-15(2)23(21(24)16-8-4-5-9-16)12-17-14-27-20(22-17)13-26-19-11-7-6-10-18(19)25-3/h6-7,10-11,14-16H,4-5,8-9,12-13H2,1-3H3. The minimum atomic E-state index is 0.174. The van der Waals surface area contributed by atoms with E-state index in [-0.39, 0.29) is 17.9 Å². The van der Waals surface area contributed by atoms with Crippen molar-refractivity contribution in [3.8, 4) is 11.5 Å². The summed E-state index contributed by atoms with van der Waals surface area (Å²) in [4.78, 5) is 19.5. The number of rotatable bonds is 8. The maximum Gasteiger partial charge on any atom is 0.226 e. The van der Waals surface area contributed by atoms with Gasteiger partial charge in [-0.15, -0.1) is 11.3 Å². The molecule has 1 aliphatic rings. The van der Waals surface area contributed by atoms with E-state index < -0.39 is 0 Å². The fourth-order valence-corrected chi connectivity index (χ4v) is 4.16. The summed E-state index contributed by atoms with van der Waals surface area (Å²) in [6.07, 6.45) is 4.39. The monoisotopic (exact) mass is 388 g/mol. The number of carbonyl (C=O) groups excluding carboxylic acids is 1. The van der Waals surface area contributed by atoms with Crippen LogP contribution in [-0.2, 0) is 17.9 Å². The van der Waals surface area contributed by atoms with Gasteiger partial charge < -0.3 is 14.4 Å². The van der Waals surface area contributed by atoms with Crippen LogP contribution in [0, 0.1) is 5.92 Å². The molecule has 1 fully saturated rings. The van der Waals surface area contributed by atoms with Crippen LogP contribution in [0.5, 0.6) is 11.5 Å². The number of ether oxygens (including phenoxy) is 2. The van der Waals surface area contributed by atoms with Crippen LogP contribution in [0.15, 0.2) is 29.6 Å². The number of hydrogen-bond acceptors (Lipinski definition) is 5. The van der Waals surface area contributed by atoms with Crippen molar-refractivity contribution in [2.45, 2.75) is 58.7 Å². The molecule has 1 heterocycles. The molecule has 1 aromatic carbocycles. The molecular weight excluding hydrogens is 360 g/mol. The van der Waals surface area contributed by atoms with Crippen molar-refractivity contribution < 1.29 is 14.3 Å². The second kappa shape index (κ2) is 9.22. The molecule has 1 aromatic heterocycles. The number of benzene rings is 1. The minimum absolute atomic E-state index is 0.174. The number of para-hydroxylation sites is 2. The van der Waals surface area contributed by atoms with Gasteiger partial charge in [0.25, 0.3) is 0 Å². The first-order valence-corrected chi connectivity index (χ1v) is 10.5. The highest BCUT2D eigenvalue weighted by Crippen LogP contribution is 2.29. The lowest BCUT2D eigenvalue weighted by molar-refractivity contribution is -0.137. The number of carbonyl (C=O) groups is 1. The first kappa shape index (κ1) is 19.7. The molecule has 0 radical (unpaired) electrons. The number of aromatic nitrogens is 1. The topological polar surface area (TPSA) is 51.7 Å². The van der Waals surface area contributed by atoms with Crippen LogP contribution in [0.25, 0.3) is 0 Å². The molecule has 0 spiro atoms. The molecule has 5 nitrogen and oxygen atoms in total. The lowest BCUT2D eigenvalue weighted by Gasteiger charge is -2.28. The first-order chi connectivity index (χ1) is 13.1. The van der Waals surface area contributed by atoms with Crippen molar-refractivity contribution in [3.05, 3.63) is 40.3 Å². The molecule has 146 valence electrons. The molecule has 0 aliphatic heterocycles. The van der Waals surface area contributed by atoms with E-state index >= 15 is 0 Å². The Balaban J connectivity index is 1.61. The van der Waals surface area contributed by atoms with Crippen LogP contribution < -0.4 is 9.47 Å². The third kappa shape index (κ3) is 5.01. The Labute approximate surface area is 165 Å². The minimum Gasteiger partial charge on any atom is -0.493 e. The van der Waals surface area contributed by atoms with Gasteiger partial charge in [-0.1, -0.05) is 25.0 Å². The van der Waals surface area contributed by atoms with Crippen molar-refractivity contribution in [1.82, 2.24) is 9.88 Å². The average molecular weight is 389 g/mol. The Hall–Kier alpha value is -2.08. The van der Waals surface area contributed by atoms with Gasteiger partial charge >= 0.3 is 0 Å². The maximum atomic E-state index is 12.8. The normalized spacial score (nSPS) is 14.5. The highest BCUT2D eigenvalue weighted by atomic mass is 32.1. The van der Waals surface area contributed by atoms with Gasteiger partial charge in [-0.05, 0) is 38.8 Å². The molecule has 0 saturated heterocycles. The quantitative estimate of drug-likeness (QED) is 0.660. The van der Waals surface area contributed by atoms with E-state index in [4.69, 9.17) is 9.47 Å². The van der Waals surface area contributed by atoms with Crippen LogP contribution in [0.1, 0.15) is 50.2 Å². The van der Waals surface area contributed by atoms with E-state index in [1.807, 2.05) is 34.5 Å². The van der Waals surface area contributed by atoms with Crippen LogP contribution >= 0.6 is 11.3 Å². The van der Waals surface area contributed by atoms with E-state index in [1.165, 1.54) is 12.8 Å². The molecule has 3 rings (SSSR count). The number of methoxy groups -OCH3 is 1. The number of thiazole rings is 1. The largest absolute Gasteiger partial charge is 0.493 e. The third-order valence-corrected chi connectivity index (χ3v) is 5.83. The van der Waals surface area contributed by atoms with Gasteiger partial charge in [0, 0.05) is 17.3 Å². The van der Waals surface area contributed by atoms with Gasteiger partial charge in [-0.3, -0.25) is 4.79 Å². The highest BCUT2D eigenvalue weighted by molar-refractivity contribution is 7.09. The predicted molar refractivity (Wildman–Crippen MR) is 107 cm³/mol. The zero-order chi connectivity index (χ0) is 19.2. The number of nitrogens with zero attached hydrogens (tertiary/aromatic N) is 2. The van der Waals surface area contributed by atoms with E-state index in [2.05, 4.69) is 18.8 Å². The van der Waals surface area contributed by atoms with Crippen LogP contribution in [-0.4, -0.2) is 28.9 Å². The van der Waals surface area contributed by atoms with E-state index in [0.717, 1.165) is 23.5 Å². The molecule has 0 atom stereocenters. The number of hydrogen-bond donors (Lipinski definition) is 0. The third-order valence-electron chi connectivity index (χ3n) is 4.96. The van der Waals surface area contributed by atoms with Crippen molar-refractivity contribution in [3.63, 3.8) is 0 Å². The van der Waals surface area contributed by atoms with Gasteiger partial charge in [0.1, 0.15) is 11.6 Å². The van der Waals surface area contributed by atoms with Gasteiger partial charge in [-0.25, -0.2) is 4.98 Å². The van der Waals surface area contributed by atoms with Crippen molar-refractivity contribution in [2.24, 2.45) is 5.92 Å². The molecule has 1 amide bonds. The van der Waals surface area contributed by atoms with Crippen LogP contribution in [0.4, 0.5) is 0 Å². The fourth-order valence-electron chi connectivity index (χ4n) is 3.46. The van der Waals surface area contributed by atoms with Gasteiger partial charge in [-0.2, -0.15) is 0 Å². The Bertz CT molecular complexity index is 753. The predicted octanol–water partition coefficient (Wildman–Crippen LogP) is 4.66. The van der Waals surface area contributed by atoms with E-state index in [1.54, 1.807) is 18.4 Å². The molecule has 6 heteroatoms. The summed E-state index contributed by atoms with van der Waals surface area (Å²) in [7, 11) is 1.63. The Morgan fingerprint density at radius 1 is 1.26 bits per heavy atom. The summed E-state index contributed by atoms with van der Waals surface area (Å²) in [6, 6.07) is 7.76. The molecule has 0 bridgehead atoms. The molecule has 1 saturated carbocycles. The summed E-state index contributed by atoms with van der Waals surface area (Å²) < 4.78 is 11.2. The molecule has 27 heavy (non-hydrogen) atoms. The van der Waals surface area contributed by atoms with E-state index in [0.29, 0.717) is 24.7 Å². The Morgan fingerprint density at radius 2 is 1.96 bits per heavy atom. The van der Waals surface area contributed by atoms with Crippen molar-refractivity contribution in [2.75, 3.05) is 7.11 Å². The zero-order valence-corrected chi connectivity index (χ0v) is 17.1. The highest BCUT2D eigenvalue weighted by Gasteiger charge is 2.29. The molecular formula is C21H28N2O3S. The second-order valence-electron chi connectivity index (χ2n) is 7.21. The van der Waals surface area contributed by atoms with Gasteiger partial charge in [0.05, 0.1) is 19.3 Å². The summed E-state index contributed by atoms with van der Waals surface area (Å²) in [5.41, 5.74) is 0.929. The average Bonchev–Trinajstić information content (AvgIpc) is 3.36. The summed E-state index contributed by atoms with van der Waals surface area (Å²) in [5.74, 6) is 1.89. The smallest absolute Gasteiger partial charge is 0.226 e. The van der Waals surface area contributed by atoms with Gasteiger partial charge in [0.15, 0.2) is 11.5 Å². The lowest BCUT2D eigenvalue weighted by Crippen LogP contribution is -2.39. The second-order valence-corrected chi connectivity index (χ2v) is 8.16. The SMILES string of the molecule is COc1ccccc1OCc1nc(CN(C(=O)C2CCCC2)C(C)C)cs1. The lowest BCUT2D eigenvalue weighted by atomic mass is 10.1. The fraction of sp³-hybridized carbons (Fsp3) is 0.524. The first-order valence-electron chi connectivity index (χ1n) is 9.58. The summed E-state index contributed by atoms with van der Waals surface area (Å²) in [5, 5.41) is 2.92. The summed E-state index contributed by atoms with van der Waals surface area (Å²) >= 11 is 1.57. The zero-order valence-electron chi connectivity index (χ0n) is 16.3. The van der Waals surface area contributed by atoms with Gasteiger partial charge in [0.2, 0.25) is 5.91 Å². The van der Waals surface area contributed by atoms with E-state index in [9.17, 15) is 4.79 Å².